The van der Waals surface area contributed by atoms with Crippen LogP contribution < -0.4 is 4.74 Å². The minimum atomic E-state index is -0.387. The second kappa shape index (κ2) is 30.2. The van der Waals surface area contributed by atoms with Crippen LogP contribution in [0.25, 0.3) is 0 Å². The molecule has 1 aliphatic heterocycles. The summed E-state index contributed by atoms with van der Waals surface area (Å²) < 4.78 is 11.4. The maximum Gasteiger partial charge on any atom is 0.338 e. The van der Waals surface area contributed by atoms with Crippen LogP contribution in [-0.4, -0.2) is 67.2 Å². The molecule has 5 aromatic carbocycles. The van der Waals surface area contributed by atoms with Gasteiger partial charge in [-0.2, -0.15) is 0 Å². The minimum absolute atomic E-state index is 0.0119. The molecule has 0 spiro atoms. The molecule has 5 fully saturated rings. The van der Waals surface area contributed by atoms with Gasteiger partial charge in [-0.1, -0.05) is 211 Å². The number of aromatic hydroxyl groups is 5. The number of methoxy groups -OCH3 is 1. The lowest BCUT2D eigenvalue weighted by Gasteiger charge is -2.54. The third kappa shape index (κ3) is 14.7. The van der Waals surface area contributed by atoms with Crippen LogP contribution >= 0.6 is 0 Å². The Labute approximate surface area is 672 Å². The summed E-state index contributed by atoms with van der Waals surface area (Å²) in [4.78, 5) is 51.1. The molecule has 112 heavy (non-hydrogen) atoms. The standard InChI is InChI=1S/C21H30O3.C20H26O3.C20H28O2.C20H30O.C19H26O3/c1-12(2)13-10-14-15(22)11-16-20(3,4)8-7-9-21(16,5)17(14)18(23)19(13)24-6;1-11(2)12-9-13-14(10-15(12)21)20(5)8-6-7-19(3,4)18(20)17(23)16(13)22;1-12(2)13-9-14-15(10-16(13)21)20(5)8-6-7-19(3,4)18(20)11-17(14)22;1-13(2)15-11-14-7-8-18-19(3,4)9-6-10-20(18,5)16(14)12-17(15)21;1-11(2)12-9-13-14(10-15(12)20)19(5)8-6-7-18(3,4)17(19)22-16(13)21/h10,12,16,23H,7-9,11H2,1-6H3;9-11,21,23H,6-8H2,1-5H3;9-10,12,18,21H,6-8,11H2,1-5H3;11-13,18,21H,6-10H2,1-5H3;9-11,17,20H,6-8H2,1-5H3/t16-,21-;20-;2*18-,20+;17-,19-/m01001/s1. The van der Waals surface area contributed by atoms with Crippen molar-refractivity contribution in [1.29, 1.82) is 0 Å². The van der Waals surface area contributed by atoms with E-state index >= 15 is 0 Å². The predicted molar refractivity (Wildman–Crippen MR) is 452 cm³/mol. The number of allylic oxidation sites excluding steroid dienone is 2. The van der Waals surface area contributed by atoms with Crippen molar-refractivity contribution in [1.82, 2.24) is 0 Å². The average molecular weight is 1530 g/mol. The molecule has 12 heteroatoms. The molecule has 6 N–H and O–H groups in total. The van der Waals surface area contributed by atoms with E-state index in [0.29, 0.717) is 69.8 Å². The third-order valence-corrected chi connectivity index (χ3v) is 30.8. The molecule has 1 heterocycles. The molecule has 0 bridgehead atoms. The molecular weight excluding hydrogens is 1390 g/mol. The highest BCUT2D eigenvalue weighted by atomic mass is 16.5. The van der Waals surface area contributed by atoms with Crippen molar-refractivity contribution in [2.75, 3.05) is 7.11 Å². The van der Waals surface area contributed by atoms with Crippen molar-refractivity contribution in [3.05, 3.63) is 149 Å². The average Bonchev–Trinajstić information content (AvgIpc) is 0.715. The number of rotatable bonds is 6. The van der Waals surface area contributed by atoms with Crippen molar-refractivity contribution in [3.8, 4) is 34.5 Å². The first-order valence-electron chi connectivity index (χ1n) is 43.0. The van der Waals surface area contributed by atoms with Gasteiger partial charge >= 0.3 is 5.97 Å². The second-order valence-corrected chi connectivity index (χ2v) is 42.4. The monoisotopic (exact) mass is 1530 g/mol. The molecule has 15 rings (SSSR count). The summed E-state index contributed by atoms with van der Waals surface area (Å²) in [6.45, 7) is 54.4. The maximum absolute atomic E-state index is 12.9. The SMILES string of the molecule is CC(C)c1cc2c(cc1O)[C@@]1(C)CCCC(C)(C)C1=C(O)C2=O.CC(C)c1cc2c(cc1O)[C@@]1(C)CCCC(C)(C)[C@@H]1CC2.CC(C)c1cc2c(cc1O)[C@@]1(C)CCCC(C)(C)[C@@H]1CC2=O.CC(C)c1cc2c(cc1O)[C@@]1(C)CCCC(C)(C)[C@H]1OC2=O.COc1c(C(C)C)cc2c(c1O)[C@@]1(C)CCCC(C)(C)[C@@H]1CC2=O. The zero-order chi connectivity index (χ0) is 83.0. The van der Waals surface area contributed by atoms with Crippen LogP contribution in [0.1, 0.15) is 421 Å². The van der Waals surface area contributed by atoms with E-state index in [-0.39, 0.29) is 125 Å². The van der Waals surface area contributed by atoms with Crippen LogP contribution in [0.3, 0.4) is 0 Å². The molecule has 612 valence electrons. The summed E-state index contributed by atoms with van der Waals surface area (Å²) in [5.41, 5.74) is 14.7. The normalized spacial score (nSPS) is 29.0. The molecule has 10 aliphatic rings. The number of phenols is 5. The Kier molecular flexibility index (Phi) is 23.1. The molecule has 12 nitrogen and oxygen atoms in total. The van der Waals surface area contributed by atoms with E-state index in [2.05, 4.69) is 158 Å². The zero-order valence-electron chi connectivity index (χ0n) is 73.5. The molecule has 9 aliphatic carbocycles. The van der Waals surface area contributed by atoms with Gasteiger partial charge in [0.05, 0.1) is 12.7 Å². The van der Waals surface area contributed by atoms with E-state index < -0.39 is 0 Å². The Morgan fingerprint density at radius 2 is 0.777 bits per heavy atom. The summed E-state index contributed by atoms with van der Waals surface area (Å²) in [7, 11) is 1.60. The first-order valence-corrected chi connectivity index (χ1v) is 43.0. The number of esters is 1. The predicted octanol–water partition coefficient (Wildman–Crippen LogP) is 25.4. The number of phenolic OH excluding ortho intramolecular Hbond substituents is 5. The van der Waals surface area contributed by atoms with E-state index in [1.54, 1.807) is 19.2 Å². The first-order chi connectivity index (χ1) is 51.8. The number of carbonyl (C=O) groups is 4. The Balaban J connectivity index is 0.000000139. The molecule has 5 aromatic rings. The van der Waals surface area contributed by atoms with Crippen molar-refractivity contribution in [2.45, 2.75) is 358 Å². The lowest BCUT2D eigenvalue weighted by Crippen LogP contribution is -2.55. The number of ether oxygens (including phenoxy) is 2. The quantitative estimate of drug-likeness (QED) is 0.0878. The molecule has 9 atom stereocenters. The number of hydrogen-bond acceptors (Lipinski definition) is 12. The Morgan fingerprint density at radius 3 is 1.28 bits per heavy atom. The Bertz CT molecular complexity index is 4430. The number of Topliss-reactive ketones (excluding diaryl/α,β-unsaturated/α-hetero) is 3. The molecule has 0 aromatic heterocycles. The van der Waals surface area contributed by atoms with E-state index in [1.807, 2.05) is 58.0 Å². The van der Waals surface area contributed by atoms with Crippen molar-refractivity contribution < 1.29 is 59.3 Å². The number of aliphatic hydroxyl groups is 1. The number of carbonyl (C=O) groups excluding carboxylic acids is 4. The van der Waals surface area contributed by atoms with Crippen molar-refractivity contribution in [2.24, 2.45) is 44.8 Å². The molecular formula is C100H140O12. The number of fused-ring (bicyclic) bond motifs is 15. The summed E-state index contributed by atoms with van der Waals surface area (Å²) in [5, 5.41) is 63.5. The van der Waals surface area contributed by atoms with Crippen LogP contribution in [0, 0.1) is 44.8 Å². The largest absolute Gasteiger partial charge is 0.508 e. The number of aliphatic hydroxyl groups excluding tert-OH is 1. The van der Waals surface area contributed by atoms with Gasteiger partial charge in [-0.15, -0.1) is 0 Å². The number of hydrogen-bond donors (Lipinski definition) is 6. The van der Waals surface area contributed by atoms with Gasteiger partial charge < -0.3 is 40.1 Å². The summed E-state index contributed by atoms with van der Waals surface area (Å²) in [6.07, 6.45) is 20.3. The van der Waals surface area contributed by atoms with Gasteiger partial charge in [-0.05, 0) is 261 Å². The number of aryl methyl sites for hydroxylation is 1. The van der Waals surface area contributed by atoms with Crippen LogP contribution in [0.2, 0.25) is 0 Å². The van der Waals surface area contributed by atoms with Crippen LogP contribution in [0.4, 0.5) is 0 Å². The fourth-order valence-corrected chi connectivity index (χ4v) is 24.8. The second-order valence-electron chi connectivity index (χ2n) is 42.4. The summed E-state index contributed by atoms with van der Waals surface area (Å²) >= 11 is 0. The fraction of sp³-hybridized carbons (Fsp3) is 0.640. The lowest BCUT2D eigenvalue weighted by atomic mass is 9.50. The zero-order valence-corrected chi connectivity index (χ0v) is 73.5. The van der Waals surface area contributed by atoms with Gasteiger partial charge in [0.1, 0.15) is 29.1 Å². The van der Waals surface area contributed by atoms with Crippen molar-refractivity contribution >= 4 is 23.3 Å². The topological polar surface area (TPSA) is 208 Å². The molecule has 0 amide bonds. The minimum Gasteiger partial charge on any atom is -0.508 e. The van der Waals surface area contributed by atoms with E-state index in [0.717, 1.165) is 131 Å². The highest BCUT2D eigenvalue weighted by molar-refractivity contribution is 6.11. The maximum atomic E-state index is 12.9. The Morgan fingerprint density at radius 1 is 0.393 bits per heavy atom. The highest BCUT2D eigenvalue weighted by Gasteiger charge is 2.58. The van der Waals surface area contributed by atoms with E-state index in [4.69, 9.17) is 9.47 Å². The first kappa shape index (κ1) is 85.8. The third-order valence-electron chi connectivity index (χ3n) is 30.8. The summed E-state index contributed by atoms with van der Waals surface area (Å²) in [6, 6.07) is 17.4. The van der Waals surface area contributed by atoms with E-state index in [9.17, 15) is 49.8 Å². The number of ketones is 3. The highest BCUT2D eigenvalue weighted by Crippen LogP contribution is 2.64. The van der Waals surface area contributed by atoms with Gasteiger partial charge in [-0.3, -0.25) is 14.4 Å². The van der Waals surface area contributed by atoms with Crippen LogP contribution in [0.5, 0.6) is 34.5 Å². The molecule has 0 saturated heterocycles. The van der Waals surface area contributed by atoms with Gasteiger partial charge in [0, 0.05) is 62.3 Å². The van der Waals surface area contributed by atoms with Crippen molar-refractivity contribution in [3.63, 3.8) is 0 Å². The smallest absolute Gasteiger partial charge is 0.338 e. The van der Waals surface area contributed by atoms with Crippen LogP contribution in [-0.2, 0) is 38.2 Å². The van der Waals surface area contributed by atoms with E-state index in [1.165, 1.54) is 56.1 Å². The van der Waals surface area contributed by atoms with Crippen LogP contribution in [0.15, 0.2) is 65.9 Å². The Hall–Kier alpha value is -7.08. The van der Waals surface area contributed by atoms with Gasteiger partial charge in [0.25, 0.3) is 0 Å². The molecule has 5 saturated carbocycles. The van der Waals surface area contributed by atoms with Gasteiger partial charge in [0.15, 0.2) is 28.8 Å². The molecule has 0 unspecified atom stereocenters. The van der Waals surface area contributed by atoms with Gasteiger partial charge in [0.2, 0.25) is 5.78 Å². The van der Waals surface area contributed by atoms with Gasteiger partial charge in [-0.25, -0.2) is 4.79 Å². The molecule has 0 radical (unpaired) electrons. The number of benzene rings is 5. The summed E-state index contributed by atoms with van der Waals surface area (Å²) in [5.74, 6) is 4.44. The lowest BCUT2D eigenvalue weighted by molar-refractivity contribution is -0.0742. The fourth-order valence-electron chi connectivity index (χ4n) is 24.8.